The molecule has 0 spiro atoms. The lowest BCUT2D eigenvalue weighted by Gasteiger charge is -2.13. The van der Waals surface area contributed by atoms with Gasteiger partial charge in [0.1, 0.15) is 12.7 Å². The normalized spacial score (nSPS) is 11.6. The Bertz CT molecular complexity index is 520. The first-order valence-electron chi connectivity index (χ1n) is 5.79. The summed E-state index contributed by atoms with van der Waals surface area (Å²) in [5.41, 5.74) is 0.801. The van der Waals surface area contributed by atoms with Crippen LogP contribution in [-0.2, 0) is 14.3 Å². The van der Waals surface area contributed by atoms with Crippen molar-refractivity contribution in [1.29, 1.82) is 0 Å². The minimum Gasteiger partial charge on any atom is -0.458 e. The van der Waals surface area contributed by atoms with Gasteiger partial charge in [-0.3, -0.25) is 0 Å². The SMILES string of the molecule is C=C(C)C(=O)OC(C)COC(=O)c1cc(I)cc(I)c1. The Balaban J connectivity index is 2.54. The second-order valence-corrected chi connectivity index (χ2v) is 6.74. The Hall–Kier alpha value is -0.640. The smallest absolute Gasteiger partial charge is 0.338 e. The van der Waals surface area contributed by atoms with Crippen molar-refractivity contribution < 1.29 is 19.1 Å². The summed E-state index contributed by atoms with van der Waals surface area (Å²) in [5, 5.41) is 0. The zero-order valence-corrected chi connectivity index (χ0v) is 15.4. The highest BCUT2D eigenvalue weighted by molar-refractivity contribution is 14.1. The van der Waals surface area contributed by atoms with E-state index < -0.39 is 18.0 Å². The molecule has 1 aromatic rings. The van der Waals surface area contributed by atoms with E-state index in [1.807, 2.05) is 6.07 Å². The molecule has 0 fully saturated rings. The number of carbonyl (C=O) groups is 2. The summed E-state index contributed by atoms with van der Waals surface area (Å²) in [4.78, 5) is 23.2. The molecule has 1 aromatic carbocycles. The first kappa shape index (κ1) is 17.4. The van der Waals surface area contributed by atoms with Gasteiger partial charge in [0.05, 0.1) is 5.56 Å². The van der Waals surface area contributed by atoms with E-state index in [4.69, 9.17) is 9.47 Å². The zero-order chi connectivity index (χ0) is 15.3. The number of benzene rings is 1. The second-order valence-electron chi connectivity index (χ2n) is 4.25. The predicted molar refractivity (Wildman–Crippen MR) is 92.5 cm³/mol. The molecule has 0 aliphatic carbocycles. The molecule has 4 nitrogen and oxygen atoms in total. The molecular weight excluding hydrogens is 486 g/mol. The first-order valence-corrected chi connectivity index (χ1v) is 7.95. The van der Waals surface area contributed by atoms with Crippen LogP contribution in [0.3, 0.4) is 0 Å². The minimum absolute atomic E-state index is 0.0138. The van der Waals surface area contributed by atoms with E-state index in [0.717, 1.165) is 7.14 Å². The molecule has 0 amide bonds. The van der Waals surface area contributed by atoms with Crippen molar-refractivity contribution >= 4 is 57.1 Å². The Morgan fingerprint density at radius 1 is 1.25 bits per heavy atom. The predicted octanol–water partition coefficient (Wildman–Crippen LogP) is 3.56. The fourth-order valence-corrected chi connectivity index (χ4v) is 3.20. The summed E-state index contributed by atoms with van der Waals surface area (Å²) in [6.45, 7) is 6.72. The van der Waals surface area contributed by atoms with Gasteiger partial charge in [0.25, 0.3) is 0 Å². The summed E-state index contributed by atoms with van der Waals surface area (Å²) in [5.74, 6) is -0.919. The van der Waals surface area contributed by atoms with Gasteiger partial charge in [0.15, 0.2) is 0 Å². The number of hydrogen-bond acceptors (Lipinski definition) is 4. The van der Waals surface area contributed by atoms with Gasteiger partial charge in [-0.15, -0.1) is 0 Å². The highest BCUT2D eigenvalue weighted by Crippen LogP contribution is 2.15. The molecular formula is C14H14I2O4. The Morgan fingerprint density at radius 3 is 2.30 bits per heavy atom. The van der Waals surface area contributed by atoms with E-state index in [9.17, 15) is 9.59 Å². The Kier molecular flexibility index (Phi) is 6.93. The Morgan fingerprint density at radius 2 is 1.80 bits per heavy atom. The van der Waals surface area contributed by atoms with E-state index in [-0.39, 0.29) is 6.61 Å². The number of rotatable bonds is 5. The fourth-order valence-electron chi connectivity index (χ4n) is 1.27. The van der Waals surface area contributed by atoms with Gasteiger partial charge >= 0.3 is 11.9 Å². The number of halogens is 2. The first-order chi connectivity index (χ1) is 9.29. The molecule has 0 saturated carbocycles. The van der Waals surface area contributed by atoms with Crippen molar-refractivity contribution in [3.63, 3.8) is 0 Å². The van der Waals surface area contributed by atoms with E-state index in [1.54, 1.807) is 26.0 Å². The Labute approximate surface area is 145 Å². The highest BCUT2D eigenvalue weighted by atomic mass is 127. The van der Waals surface area contributed by atoms with Gasteiger partial charge in [-0.2, -0.15) is 0 Å². The van der Waals surface area contributed by atoms with Gasteiger partial charge < -0.3 is 9.47 Å². The molecule has 0 saturated heterocycles. The van der Waals surface area contributed by atoms with Gasteiger partial charge in [-0.1, -0.05) is 6.58 Å². The van der Waals surface area contributed by atoms with Crippen molar-refractivity contribution in [1.82, 2.24) is 0 Å². The van der Waals surface area contributed by atoms with Gasteiger partial charge in [0.2, 0.25) is 0 Å². The average Bonchev–Trinajstić information content (AvgIpc) is 2.34. The van der Waals surface area contributed by atoms with Crippen molar-refractivity contribution in [2.75, 3.05) is 6.61 Å². The third-order valence-electron chi connectivity index (χ3n) is 2.20. The summed E-state index contributed by atoms with van der Waals surface area (Å²) < 4.78 is 12.1. The van der Waals surface area contributed by atoms with E-state index in [0.29, 0.717) is 11.1 Å². The van der Waals surface area contributed by atoms with Crippen molar-refractivity contribution in [2.24, 2.45) is 0 Å². The largest absolute Gasteiger partial charge is 0.458 e. The van der Waals surface area contributed by atoms with E-state index in [1.165, 1.54) is 0 Å². The lowest BCUT2D eigenvalue weighted by Crippen LogP contribution is -2.22. The molecule has 108 valence electrons. The van der Waals surface area contributed by atoms with Crippen LogP contribution in [0.4, 0.5) is 0 Å². The topological polar surface area (TPSA) is 52.6 Å². The number of hydrogen-bond donors (Lipinski definition) is 0. The highest BCUT2D eigenvalue weighted by Gasteiger charge is 2.14. The lowest BCUT2D eigenvalue weighted by atomic mass is 10.2. The van der Waals surface area contributed by atoms with Crippen LogP contribution in [0.5, 0.6) is 0 Å². The monoisotopic (exact) mass is 500 g/mol. The van der Waals surface area contributed by atoms with E-state index >= 15 is 0 Å². The molecule has 0 radical (unpaired) electrons. The van der Waals surface area contributed by atoms with Crippen LogP contribution in [-0.4, -0.2) is 24.6 Å². The van der Waals surface area contributed by atoms with Crippen LogP contribution in [0.15, 0.2) is 30.4 Å². The van der Waals surface area contributed by atoms with Crippen molar-refractivity contribution in [2.45, 2.75) is 20.0 Å². The quantitative estimate of drug-likeness (QED) is 0.353. The van der Waals surface area contributed by atoms with Crippen molar-refractivity contribution in [3.05, 3.63) is 43.1 Å². The molecule has 1 unspecified atom stereocenters. The second kappa shape index (κ2) is 7.96. The van der Waals surface area contributed by atoms with Crippen LogP contribution < -0.4 is 0 Å². The fraction of sp³-hybridized carbons (Fsp3) is 0.286. The molecule has 0 aromatic heterocycles. The summed E-state index contributed by atoms with van der Waals surface area (Å²) in [6, 6.07) is 5.44. The summed E-state index contributed by atoms with van der Waals surface area (Å²) in [7, 11) is 0. The van der Waals surface area contributed by atoms with Gasteiger partial charge in [-0.25, -0.2) is 9.59 Å². The number of carbonyl (C=O) groups excluding carboxylic acids is 2. The average molecular weight is 500 g/mol. The minimum atomic E-state index is -0.509. The maximum absolute atomic E-state index is 11.9. The molecule has 0 aliphatic heterocycles. The standard InChI is InChI=1S/C14H14I2O4/c1-8(2)13(17)20-9(3)7-19-14(18)10-4-11(15)6-12(16)5-10/h4-6,9H,1,7H2,2-3H3. The molecule has 20 heavy (non-hydrogen) atoms. The summed E-state index contributed by atoms with van der Waals surface area (Å²) in [6.07, 6.45) is -0.509. The van der Waals surface area contributed by atoms with Crippen LogP contribution >= 0.6 is 45.2 Å². The van der Waals surface area contributed by atoms with Crippen molar-refractivity contribution in [3.8, 4) is 0 Å². The van der Waals surface area contributed by atoms with E-state index in [2.05, 4.69) is 51.8 Å². The third kappa shape index (κ3) is 5.78. The molecule has 6 heteroatoms. The summed E-state index contributed by atoms with van der Waals surface area (Å²) >= 11 is 4.28. The molecule has 0 N–H and O–H groups in total. The van der Waals surface area contributed by atoms with Gasteiger partial charge in [-0.05, 0) is 77.2 Å². The van der Waals surface area contributed by atoms with Crippen LogP contribution in [0.25, 0.3) is 0 Å². The molecule has 0 heterocycles. The molecule has 1 atom stereocenters. The van der Waals surface area contributed by atoms with Crippen LogP contribution in [0.2, 0.25) is 0 Å². The van der Waals surface area contributed by atoms with Gasteiger partial charge in [0, 0.05) is 12.7 Å². The zero-order valence-electron chi connectivity index (χ0n) is 11.1. The maximum Gasteiger partial charge on any atom is 0.338 e. The molecule has 0 bridgehead atoms. The van der Waals surface area contributed by atoms with Crippen LogP contribution in [0, 0.1) is 7.14 Å². The van der Waals surface area contributed by atoms with Crippen LogP contribution in [0.1, 0.15) is 24.2 Å². The third-order valence-corrected chi connectivity index (χ3v) is 3.45. The molecule has 0 aliphatic rings. The maximum atomic E-state index is 11.9. The number of esters is 2. The number of ether oxygens (including phenoxy) is 2. The molecule has 1 rings (SSSR count). The lowest BCUT2D eigenvalue weighted by molar-refractivity contribution is -0.145.